The van der Waals surface area contributed by atoms with E-state index < -0.39 is 0 Å². The quantitative estimate of drug-likeness (QED) is 0.798. The van der Waals surface area contributed by atoms with Crippen molar-refractivity contribution in [3.8, 4) is 0 Å². The van der Waals surface area contributed by atoms with E-state index in [0.29, 0.717) is 6.04 Å². The van der Waals surface area contributed by atoms with Gasteiger partial charge in [0.1, 0.15) is 0 Å². The molecular formula is C12H19N3. The highest BCUT2D eigenvalue weighted by Crippen LogP contribution is 2.39. The second kappa shape index (κ2) is 3.63. The third kappa shape index (κ3) is 2.07. The summed E-state index contributed by atoms with van der Waals surface area (Å²) in [5, 5.41) is 3.55. The average Bonchev–Trinajstić information content (AvgIpc) is 3.13. The molecule has 15 heavy (non-hydrogen) atoms. The number of imidazole rings is 1. The lowest BCUT2D eigenvalue weighted by atomic mass is 10.2. The van der Waals surface area contributed by atoms with Crippen LogP contribution in [0.2, 0.25) is 0 Å². The largest absolute Gasteiger partial charge is 0.330 e. The Morgan fingerprint density at radius 1 is 1.47 bits per heavy atom. The number of nitrogens with zero attached hydrogens (tertiary/aromatic N) is 2. The Morgan fingerprint density at radius 2 is 2.27 bits per heavy atom. The standard InChI is InChI=1S/C12H19N3/c1-9(10-2-3-10)15-8-13-6-12(15)7-14-11-4-5-11/h6,8-11,14H,2-5,7H2,1H3. The fourth-order valence-corrected chi connectivity index (χ4v) is 2.18. The third-order valence-electron chi connectivity index (χ3n) is 3.64. The number of nitrogens with one attached hydrogen (secondary N) is 1. The first-order valence-electron chi connectivity index (χ1n) is 6.08. The fraction of sp³-hybridized carbons (Fsp3) is 0.750. The Balaban J connectivity index is 1.66. The number of hydrogen-bond acceptors (Lipinski definition) is 2. The average molecular weight is 205 g/mol. The molecule has 1 N–H and O–H groups in total. The minimum absolute atomic E-state index is 0.642. The van der Waals surface area contributed by atoms with Crippen molar-refractivity contribution in [2.45, 2.75) is 51.2 Å². The molecule has 1 unspecified atom stereocenters. The normalized spacial score (nSPS) is 23.0. The van der Waals surface area contributed by atoms with E-state index in [4.69, 9.17) is 0 Å². The van der Waals surface area contributed by atoms with Gasteiger partial charge in [0, 0.05) is 24.8 Å². The zero-order chi connectivity index (χ0) is 10.3. The van der Waals surface area contributed by atoms with Crippen LogP contribution in [0.15, 0.2) is 12.5 Å². The molecule has 0 saturated heterocycles. The van der Waals surface area contributed by atoms with Crippen molar-refractivity contribution in [1.82, 2.24) is 14.9 Å². The monoisotopic (exact) mass is 205 g/mol. The molecule has 82 valence electrons. The summed E-state index contributed by atoms with van der Waals surface area (Å²) in [5.74, 6) is 0.902. The minimum atomic E-state index is 0.642. The van der Waals surface area contributed by atoms with E-state index in [2.05, 4.69) is 21.8 Å². The molecule has 3 nitrogen and oxygen atoms in total. The minimum Gasteiger partial charge on any atom is -0.330 e. The lowest BCUT2D eigenvalue weighted by Crippen LogP contribution is -2.19. The maximum absolute atomic E-state index is 4.27. The number of aromatic nitrogens is 2. The van der Waals surface area contributed by atoms with Gasteiger partial charge in [0.05, 0.1) is 12.0 Å². The van der Waals surface area contributed by atoms with Gasteiger partial charge in [-0.2, -0.15) is 0 Å². The molecule has 0 spiro atoms. The molecule has 2 aliphatic rings. The van der Waals surface area contributed by atoms with Gasteiger partial charge in [0.2, 0.25) is 0 Å². The van der Waals surface area contributed by atoms with Crippen molar-refractivity contribution in [1.29, 1.82) is 0 Å². The van der Waals surface area contributed by atoms with Gasteiger partial charge in [0.15, 0.2) is 0 Å². The molecule has 1 heterocycles. The van der Waals surface area contributed by atoms with E-state index in [-0.39, 0.29) is 0 Å². The van der Waals surface area contributed by atoms with Crippen LogP contribution < -0.4 is 5.32 Å². The van der Waals surface area contributed by atoms with Gasteiger partial charge in [-0.05, 0) is 38.5 Å². The first kappa shape index (κ1) is 9.40. The Hall–Kier alpha value is -0.830. The van der Waals surface area contributed by atoms with Crippen molar-refractivity contribution in [3.05, 3.63) is 18.2 Å². The van der Waals surface area contributed by atoms with E-state index in [1.54, 1.807) is 0 Å². The Bertz CT molecular complexity index is 336. The molecule has 2 saturated carbocycles. The number of hydrogen-bond donors (Lipinski definition) is 1. The molecule has 1 atom stereocenters. The molecule has 0 bridgehead atoms. The van der Waals surface area contributed by atoms with Crippen LogP contribution in [0.5, 0.6) is 0 Å². The molecule has 0 amide bonds. The van der Waals surface area contributed by atoms with Crippen molar-refractivity contribution in [2.75, 3.05) is 0 Å². The van der Waals surface area contributed by atoms with Crippen molar-refractivity contribution >= 4 is 0 Å². The smallest absolute Gasteiger partial charge is 0.0951 e. The van der Waals surface area contributed by atoms with Crippen LogP contribution in [-0.2, 0) is 6.54 Å². The molecule has 3 heteroatoms. The second-order valence-corrected chi connectivity index (χ2v) is 5.03. The topological polar surface area (TPSA) is 29.9 Å². The second-order valence-electron chi connectivity index (χ2n) is 5.03. The Morgan fingerprint density at radius 3 is 2.93 bits per heavy atom. The highest BCUT2D eigenvalue weighted by atomic mass is 15.1. The van der Waals surface area contributed by atoms with Crippen LogP contribution in [0.1, 0.15) is 44.3 Å². The zero-order valence-corrected chi connectivity index (χ0v) is 9.32. The van der Waals surface area contributed by atoms with Crippen molar-refractivity contribution in [3.63, 3.8) is 0 Å². The van der Waals surface area contributed by atoms with Crippen LogP contribution >= 0.6 is 0 Å². The molecule has 1 aromatic heterocycles. The highest BCUT2D eigenvalue weighted by molar-refractivity contribution is 5.03. The Kier molecular flexibility index (Phi) is 2.28. The molecule has 0 radical (unpaired) electrons. The van der Waals surface area contributed by atoms with Crippen molar-refractivity contribution < 1.29 is 0 Å². The third-order valence-corrected chi connectivity index (χ3v) is 3.64. The molecule has 0 aliphatic heterocycles. The first-order valence-corrected chi connectivity index (χ1v) is 6.08. The van der Waals surface area contributed by atoms with Crippen LogP contribution in [0, 0.1) is 5.92 Å². The highest BCUT2D eigenvalue weighted by Gasteiger charge is 2.30. The zero-order valence-electron chi connectivity index (χ0n) is 9.32. The van der Waals surface area contributed by atoms with Gasteiger partial charge in [-0.3, -0.25) is 0 Å². The summed E-state index contributed by atoms with van der Waals surface area (Å²) in [4.78, 5) is 4.27. The predicted octanol–water partition coefficient (Wildman–Crippen LogP) is 2.11. The summed E-state index contributed by atoms with van der Waals surface area (Å²) in [5.41, 5.74) is 1.35. The van der Waals surface area contributed by atoms with Gasteiger partial charge in [0.25, 0.3) is 0 Å². The fourth-order valence-electron chi connectivity index (χ4n) is 2.18. The van der Waals surface area contributed by atoms with Crippen LogP contribution in [0.3, 0.4) is 0 Å². The summed E-state index contributed by atoms with van der Waals surface area (Å²) in [6.45, 7) is 3.31. The first-order chi connectivity index (χ1) is 7.34. The van der Waals surface area contributed by atoms with Gasteiger partial charge < -0.3 is 9.88 Å². The van der Waals surface area contributed by atoms with E-state index >= 15 is 0 Å². The molecule has 2 fully saturated rings. The van der Waals surface area contributed by atoms with E-state index in [0.717, 1.165) is 18.5 Å². The number of rotatable bonds is 5. The van der Waals surface area contributed by atoms with Gasteiger partial charge in [-0.1, -0.05) is 0 Å². The van der Waals surface area contributed by atoms with Gasteiger partial charge >= 0.3 is 0 Å². The maximum Gasteiger partial charge on any atom is 0.0951 e. The Labute approximate surface area is 90.9 Å². The molecule has 1 aromatic rings. The predicted molar refractivity (Wildman–Crippen MR) is 59.5 cm³/mol. The van der Waals surface area contributed by atoms with E-state index in [1.165, 1.54) is 31.4 Å². The van der Waals surface area contributed by atoms with Gasteiger partial charge in [-0.15, -0.1) is 0 Å². The maximum atomic E-state index is 4.27. The molecule has 0 aromatic carbocycles. The van der Waals surface area contributed by atoms with E-state index in [1.807, 2.05) is 12.5 Å². The van der Waals surface area contributed by atoms with E-state index in [9.17, 15) is 0 Å². The van der Waals surface area contributed by atoms with Crippen LogP contribution in [0.25, 0.3) is 0 Å². The summed E-state index contributed by atoms with van der Waals surface area (Å²) in [6, 6.07) is 1.42. The summed E-state index contributed by atoms with van der Waals surface area (Å²) in [7, 11) is 0. The van der Waals surface area contributed by atoms with Crippen LogP contribution in [0.4, 0.5) is 0 Å². The molecular weight excluding hydrogens is 186 g/mol. The summed E-state index contributed by atoms with van der Waals surface area (Å²) >= 11 is 0. The van der Waals surface area contributed by atoms with Crippen molar-refractivity contribution in [2.24, 2.45) is 5.92 Å². The van der Waals surface area contributed by atoms with Crippen LogP contribution in [-0.4, -0.2) is 15.6 Å². The molecule has 2 aliphatic carbocycles. The lowest BCUT2D eigenvalue weighted by Gasteiger charge is -2.16. The summed E-state index contributed by atoms with van der Waals surface area (Å²) in [6.07, 6.45) is 9.50. The SMILES string of the molecule is CC(C1CC1)n1cncc1CNC1CC1. The van der Waals surface area contributed by atoms with Gasteiger partial charge in [-0.25, -0.2) is 4.98 Å². The summed E-state index contributed by atoms with van der Waals surface area (Å²) < 4.78 is 2.35. The lowest BCUT2D eigenvalue weighted by molar-refractivity contribution is 0.462. The molecule has 3 rings (SSSR count).